The molecule has 2 saturated heterocycles. The van der Waals surface area contributed by atoms with Crippen molar-refractivity contribution in [3.05, 3.63) is 35.9 Å². The summed E-state index contributed by atoms with van der Waals surface area (Å²) >= 11 is 0. The minimum Gasteiger partial charge on any atom is -0.385 e. The number of hydrogen-bond acceptors (Lipinski definition) is 4. The highest BCUT2D eigenvalue weighted by Gasteiger charge is 2.26. The zero-order valence-corrected chi connectivity index (χ0v) is 20.9. The molecule has 30 heavy (non-hydrogen) atoms. The summed E-state index contributed by atoms with van der Waals surface area (Å²) < 4.78 is 11.1. The van der Waals surface area contributed by atoms with E-state index in [0.717, 1.165) is 64.6 Å². The number of halogens is 1. The van der Waals surface area contributed by atoms with Crippen molar-refractivity contribution in [3.8, 4) is 0 Å². The molecule has 170 valence electrons. The first kappa shape index (κ1) is 25.4. The summed E-state index contributed by atoms with van der Waals surface area (Å²) in [5, 5.41) is 3.65. The molecular formula is C23H39IN4O2. The van der Waals surface area contributed by atoms with Crippen LogP contribution >= 0.6 is 24.0 Å². The summed E-state index contributed by atoms with van der Waals surface area (Å²) in [6, 6.07) is 11.4. The Morgan fingerprint density at radius 1 is 1.10 bits per heavy atom. The van der Waals surface area contributed by atoms with E-state index in [1.807, 2.05) is 7.05 Å². The number of guanidine groups is 1. The van der Waals surface area contributed by atoms with E-state index in [0.29, 0.717) is 12.1 Å². The van der Waals surface area contributed by atoms with Crippen molar-refractivity contribution >= 4 is 29.9 Å². The maximum atomic E-state index is 5.99. The third kappa shape index (κ3) is 7.98. The summed E-state index contributed by atoms with van der Waals surface area (Å²) in [6.45, 7) is 6.78. The minimum atomic E-state index is 0. The van der Waals surface area contributed by atoms with Crippen LogP contribution in [0.15, 0.2) is 35.3 Å². The fourth-order valence-corrected chi connectivity index (χ4v) is 4.38. The van der Waals surface area contributed by atoms with E-state index < -0.39 is 0 Å². The highest BCUT2D eigenvalue weighted by Crippen LogP contribution is 2.20. The van der Waals surface area contributed by atoms with E-state index in [4.69, 9.17) is 9.47 Å². The predicted molar refractivity (Wildman–Crippen MR) is 134 cm³/mol. The Morgan fingerprint density at radius 3 is 2.57 bits per heavy atom. The van der Waals surface area contributed by atoms with E-state index in [1.165, 1.54) is 24.9 Å². The zero-order valence-electron chi connectivity index (χ0n) is 18.6. The van der Waals surface area contributed by atoms with Crippen molar-refractivity contribution in [1.82, 2.24) is 15.1 Å². The normalized spacial score (nSPS) is 20.9. The van der Waals surface area contributed by atoms with Crippen LogP contribution in [0.4, 0.5) is 0 Å². The Labute approximate surface area is 199 Å². The van der Waals surface area contributed by atoms with Crippen LogP contribution in [0.25, 0.3) is 0 Å². The molecule has 2 fully saturated rings. The third-order valence-corrected chi connectivity index (χ3v) is 6.02. The van der Waals surface area contributed by atoms with Crippen LogP contribution in [0.5, 0.6) is 0 Å². The second kappa shape index (κ2) is 14.2. The van der Waals surface area contributed by atoms with E-state index >= 15 is 0 Å². The molecule has 0 spiro atoms. The summed E-state index contributed by atoms with van der Waals surface area (Å²) in [4.78, 5) is 9.54. The standard InChI is InChI=1S/C23H38N4O2.HI/c1-24-23(26-14-11-22(12-15-26)29-17-7-16-28-2)25-18-21-10-6-13-27(21)19-20-8-4-3-5-9-20;/h3-5,8-9,21-22H,6-7,10-19H2,1-2H3,(H,24,25);1H. The maximum absolute atomic E-state index is 5.99. The van der Waals surface area contributed by atoms with Gasteiger partial charge in [0.05, 0.1) is 6.10 Å². The Bertz CT molecular complexity index is 608. The number of methoxy groups -OCH3 is 1. The van der Waals surface area contributed by atoms with Crippen LogP contribution in [0.1, 0.15) is 37.7 Å². The smallest absolute Gasteiger partial charge is 0.193 e. The van der Waals surface area contributed by atoms with Crippen molar-refractivity contribution in [1.29, 1.82) is 0 Å². The molecule has 1 N–H and O–H groups in total. The van der Waals surface area contributed by atoms with Gasteiger partial charge in [-0.15, -0.1) is 24.0 Å². The SMILES string of the molecule is CN=C(NCC1CCCN1Cc1ccccc1)N1CCC(OCCCOC)CC1.I. The molecule has 2 heterocycles. The van der Waals surface area contributed by atoms with Crippen molar-refractivity contribution in [2.45, 2.75) is 50.8 Å². The van der Waals surface area contributed by atoms with Gasteiger partial charge in [-0.2, -0.15) is 0 Å². The second-order valence-corrected chi connectivity index (χ2v) is 8.08. The van der Waals surface area contributed by atoms with Crippen molar-refractivity contribution in [2.24, 2.45) is 4.99 Å². The lowest BCUT2D eigenvalue weighted by Crippen LogP contribution is -2.49. The quantitative estimate of drug-likeness (QED) is 0.230. The van der Waals surface area contributed by atoms with Crippen LogP contribution in [-0.2, 0) is 16.0 Å². The average Bonchev–Trinajstić information content (AvgIpc) is 3.20. The molecule has 1 aromatic carbocycles. The molecule has 0 saturated carbocycles. The monoisotopic (exact) mass is 530 g/mol. The first-order chi connectivity index (χ1) is 14.3. The summed E-state index contributed by atoms with van der Waals surface area (Å²) in [6.07, 6.45) is 6.02. The van der Waals surface area contributed by atoms with Gasteiger partial charge in [0.25, 0.3) is 0 Å². The summed E-state index contributed by atoms with van der Waals surface area (Å²) in [7, 11) is 3.63. The van der Waals surface area contributed by atoms with Crippen molar-refractivity contribution < 1.29 is 9.47 Å². The summed E-state index contributed by atoms with van der Waals surface area (Å²) in [5.41, 5.74) is 1.40. The number of likely N-dealkylation sites (tertiary alicyclic amines) is 2. The van der Waals surface area contributed by atoms with E-state index in [-0.39, 0.29) is 24.0 Å². The number of aliphatic imine (C=N–C) groups is 1. The zero-order chi connectivity index (χ0) is 20.3. The van der Waals surface area contributed by atoms with Gasteiger partial charge in [-0.25, -0.2) is 0 Å². The topological polar surface area (TPSA) is 49.3 Å². The molecule has 0 bridgehead atoms. The predicted octanol–water partition coefficient (Wildman–Crippen LogP) is 3.36. The van der Waals surface area contributed by atoms with Gasteiger partial charge >= 0.3 is 0 Å². The largest absolute Gasteiger partial charge is 0.385 e. The van der Waals surface area contributed by atoms with Gasteiger partial charge in [0.1, 0.15) is 0 Å². The Balaban J connectivity index is 0.00000320. The van der Waals surface area contributed by atoms with Crippen molar-refractivity contribution in [2.75, 3.05) is 53.6 Å². The molecule has 6 nitrogen and oxygen atoms in total. The molecular weight excluding hydrogens is 491 g/mol. The number of nitrogens with zero attached hydrogens (tertiary/aromatic N) is 3. The number of piperidine rings is 1. The molecule has 2 aliphatic rings. The van der Waals surface area contributed by atoms with Gasteiger partial charge in [0.15, 0.2) is 5.96 Å². The number of benzene rings is 1. The van der Waals surface area contributed by atoms with Gasteiger partial charge in [0.2, 0.25) is 0 Å². The number of nitrogens with one attached hydrogen (secondary N) is 1. The fraction of sp³-hybridized carbons (Fsp3) is 0.696. The molecule has 0 radical (unpaired) electrons. The molecule has 0 aliphatic carbocycles. The van der Waals surface area contributed by atoms with Crippen molar-refractivity contribution in [3.63, 3.8) is 0 Å². The van der Waals surface area contributed by atoms with Crippen LogP contribution in [0, 0.1) is 0 Å². The van der Waals surface area contributed by atoms with E-state index in [9.17, 15) is 0 Å². The van der Waals surface area contributed by atoms with Gasteiger partial charge in [-0.05, 0) is 44.2 Å². The van der Waals surface area contributed by atoms with Crippen LogP contribution in [0.3, 0.4) is 0 Å². The number of hydrogen-bond donors (Lipinski definition) is 1. The maximum Gasteiger partial charge on any atom is 0.193 e. The highest BCUT2D eigenvalue weighted by atomic mass is 127. The molecule has 0 amide bonds. The van der Waals surface area contributed by atoms with E-state index in [2.05, 4.69) is 50.4 Å². The lowest BCUT2D eigenvalue weighted by Gasteiger charge is -2.35. The van der Waals surface area contributed by atoms with Gasteiger partial charge in [-0.1, -0.05) is 30.3 Å². The lowest BCUT2D eigenvalue weighted by molar-refractivity contribution is 0.00987. The van der Waals surface area contributed by atoms with Gasteiger partial charge in [0, 0.05) is 59.6 Å². The molecule has 7 heteroatoms. The fourth-order valence-electron chi connectivity index (χ4n) is 4.38. The van der Waals surface area contributed by atoms with Gasteiger partial charge in [-0.3, -0.25) is 9.89 Å². The third-order valence-electron chi connectivity index (χ3n) is 6.02. The second-order valence-electron chi connectivity index (χ2n) is 8.08. The molecule has 2 aliphatic heterocycles. The molecule has 1 aromatic rings. The first-order valence-electron chi connectivity index (χ1n) is 11.1. The first-order valence-corrected chi connectivity index (χ1v) is 11.1. The molecule has 3 rings (SSSR count). The van der Waals surface area contributed by atoms with E-state index in [1.54, 1.807) is 7.11 Å². The molecule has 1 atom stereocenters. The lowest BCUT2D eigenvalue weighted by atomic mass is 10.1. The van der Waals surface area contributed by atoms with Crippen LogP contribution < -0.4 is 5.32 Å². The van der Waals surface area contributed by atoms with Gasteiger partial charge < -0.3 is 19.7 Å². The minimum absolute atomic E-state index is 0. The Hall–Kier alpha value is -0.900. The molecule has 0 aromatic heterocycles. The number of ether oxygens (including phenoxy) is 2. The molecule has 1 unspecified atom stereocenters. The number of rotatable bonds is 9. The van der Waals surface area contributed by atoms with Crippen LogP contribution in [-0.4, -0.2) is 81.5 Å². The highest BCUT2D eigenvalue weighted by molar-refractivity contribution is 14.0. The van der Waals surface area contributed by atoms with Crippen LogP contribution in [0.2, 0.25) is 0 Å². The average molecular weight is 530 g/mol. The Morgan fingerprint density at radius 2 is 1.87 bits per heavy atom. The summed E-state index contributed by atoms with van der Waals surface area (Å²) in [5.74, 6) is 1.04. The Kier molecular flexibility index (Phi) is 12.0.